The molecule has 2 N–H and O–H groups in total. The highest BCUT2D eigenvalue weighted by molar-refractivity contribution is 5.95. The standard InChI is InChI=1S/C17H19NO3/c1-12(2)21-15-11-7-6-10-14(15)18-17(20)16(19)13-8-4-3-5-9-13/h3-12,16,19H,1-2H3,(H,18,20). The van der Waals surface area contributed by atoms with E-state index >= 15 is 0 Å². The third-order valence-corrected chi connectivity index (χ3v) is 2.87. The second-order valence-electron chi connectivity index (χ2n) is 4.97. The Morgan fingerprint density at radius 1 is 1.05 bits per heavy atom. The number of nitrogens with one attached hydrogen (secondary N) is 1. The number of aliphatic hydroxyl groups is 1. The van der Waals surface area contributed by atoms with Crippen LogP contribution in [0.25, 0.3) is 0 Å². The number of anilines is 1. The van der Waals surface area contributed by atoms with Gasteiger partial charge in [0.2, 0.25) is 0 Å². The van der Waals surface area contributed by atoms with Gasteiger partial charge < -0.3 is 15.2 Å². The van der Waals surface area contributed by atoms with Crippen LogP contribution in [0.15, 0.2) is 54.6 Å². The normalized spacial score (nSPS) is 12.0. The van der Waals surface area contributed by atoms with Gasteiger partial charge in [0, 0.05) is 0 Å². The number of aliphatic hydroxyl groups excluding tert-OH is 1. The number of hydrogen-bond acceptors (Lipinski definition) is 3. The van der Waals surface area contributed by atoms with Gasteiger partial charge in [0.1, 0.15) is 5.75 Å². The van der Waals surface area contributed by atoms with Crippen molar-refractivity contribution in [1.29, 1.82) is 0 Å². The van der Waals surface area contributed by atoms with E-state index in [1.807, 2.05) is 26.0 Å². The van der Waals surface area contributed by atoms with Crippen molar-refractivity contribution in [2.24, 2.45) is 0 Å². The van der Waals surface area contributed by atoms with E-state index in [4.69, 9.17) is 4.74 Å². The molecule has 2 aromatic carbocycles. The van der Waals surface area contributed by atoms with Crippen molar-refractivity contribution in [2.45, 2.75) is 26.1 Å². The van der Waals surface area contributed by atoms with E-state index in [9.17, 15) is 9.90 Å². The molecule has 0 aliphatic heterocycles. The summed E-state index contributed by atoms with van der Waals surface area (Å²) in [6, 6.07) is 16.0. The topological polar surface area (TPSA) is 58.6 Å². The van der Waals surface area contributed by atoms with E-state index in [1.54, 1.807) is 42.5 Å². The van der Waals surface area contributed by atoms with Crippen molar-refractivity contribution in [3.63, 3.8) is 0 Å². The van der Waals surface area contributed by atoms with Crippen LogP contribution in [0, 0.1) is 0 Å². The Hall–Kier alpha value is -2.33. The molecule has 0 aliphatic rings. The summed E-state index contributed by atoms with van der Waals surface area (Å²) in [6.07, 6.45) is -1.21. The third kappa shape index (κ3) is 4.07. The van der Waals surface area contributed by atoms with Crippen molar-refractivity contribution in [1.82, 2.24) is 0 Å². The summed E-state index contributed by atoms with van der Waals surface area (Å²) in [6.45, 7) is 3.83. The first kappa shape index (κ1) is 15.1. The van der Waals surface area contributed by atoms with Crippen LogP contribution in [0.5, 0.6) is 5.75 Å². The first-order valence-corrected chi connectivity index (χ1v) is 6.87. The zero-order valence-corrected chi connectivity index (χ0v) is 12.1. The van der Waals surface area contributed by atoms with Crippen LogP contribution in [0.2, 0.25) is 0 Å². The molecule has 0 aliphatic carbocycles. The van der Waals surface area contributed by atoms with Gasteiger partial charge in [0.15, 0.2) is 6.10 Å². The number of carbonyl (C=O) groups is 1. The maximum atomic E-state index is 12.1. The molecule has 0 bridgehead atoms. The zero-order valence-electron chi connectivity index (χ0n) is 12.1. The van der Waals surface area contributed by atoms with Crippen molar-refractivity contribution >= 4 is 11.6 Å². The SMILES string of the molecule is CC(C)Oc1ccccc1NC(=O)C(O)c1ccccc1. The molecule has 0 heterocycles. The Labute approximate surface area is 124 Å². The average molecular weight is 285 g/mol. The van der Waals surface area contributed by atoms with E-state index in [0.29, 0.717) is 17.0 Å². The molecular weight excluding hydrogens is 266 g/mol. The number of ether oxygens (including phenoxy) is 1. The van der Waals surface area contributed by atoms with Gasteiger partial charge in [0.25, 0.3) is 5.91 Å². The monoisotopic (exact) mass is 285 g/mol. The Balaban J connectivity index is 2.13. The minimum Gasteiger partial charge on any atom is -0.489 e. The van der Waals surface area contributed by atoms with Gasteiger partial charge in [-0.1, -0.05) is 42.5 Å². The van der Waals surface area contributed by atoms with Crippen LogP contribution in [0.1, 0.15) is 25.5 Å². The van der Waals surface area contributed by atoms with Gasteiger partial charge in [-0.3, -0.25) is 4.79 Å². The summed E-state index contributed by atoms with van der Waals surface area (Å²) in [5.74, 6) is 0.0992. The number of carbonyl (C=O) groups excluding carboxylic acids is 1. The van der Waals surface area contributed by atoms with Crippen molar-refractivity contribution in [3.05, 3.63) is 60.2 Å². The Bertz CT molecular complexity index is 596. The maximum absolute atomic E-state index is 12.1. The number of rotatable bonds is 5. The first-order valence-electron chi connectivity index (χ1n) is 6.87. The number of para-hydroxylation sites is 2. The van der Waals surface area contributed by atoms with Gasteiger partial charge in [-0.05, 0) is 31.5 Å². The molecular formula is C17H19NO3. The second-order valence-corrected chi connectivity index (χ2v) is 4.97. The predicted molar refractivity (Wildman–Crippen MR) is 82.2 cm³/mol. The number of amides is 1. The lowest BCUT2D eigenvalue weighted by atomic mass is 10.1. The molecule has 0 radical (unpaired) electrons. The zero-order chi connectivity index (χ0) is 15.2. The van der Waals surface area contributed by atoms with Gasteiger partial charge in [-0.15, -0.1) is 0 Å². The van der Waals surface area contributed by atoms with E-state index in [0.717, 1.165) is 0 Å². The fourth-order valence-corrected chi connectivity index (χ4v) is 1.91. The summed E-state index contributed by atoms with van der Waals surface area (Å²) in [5, 5.41) is 12.8. The summed E-state index contributed by atoms with van der Waals surface area (Å²) >= 11 is 0. The average Bonchev–Trinajstić information content (AvgIpc) is 2.49. The Morgan fingerprint density at radius 3 is 2.33 bits per heavy atom. The van der Waals surface area contributed by atoms with Gasteiger partial charge in [0.05, 0.1) is 11.8 Å². The molecule has 0 spiro atoms. The molecule has 4 nitrogen and oxygen atoms in total. The fraction of sp³-hybridized carbons (Fsp3) is 0.235. The number of hydrogen-bond donors (Lipinski definition) is 2. The van der Waals surface area contributed by atoms with Crippen LogP contribution in [-0.2, 0) is 4.79 Å². The Kier molecular flexibility index (Phi) is 4.95. The van der Waals surface area contributed by atoms with E-state index < -0.39 is 12.0 Å². The highest BCUT2D eigenvalue weighted by atomic mass is 16.5. The van der Waals surface area contributed by atoms with Crippen molar-refractivity contribution in [2.75, 3.05) is 5.32 Å². The van der Waals surface area contributed by atoms with E-state index in [2.05, 4.69) is 5.32 Å². The molecule has 0 fully saturated rings. The molecule has 0 saturated heterocycles. The maximum Gasteiger partial charge on any atom is 0.257 e. The first-order chi connectivity index (χ1) is 10.1. The predicted octanol–water partition coefficient (Wildman–Crippen LogP) is 3.15. The largest absolute Gasteiger partial charge is 0.489 e. The summed E-state index contributed by atoms with van der Waals surface area (Å²) < 4.78 is 5.64. The van der Waals surface area contributed by atoms with Crippen LogP contribution in [0.3, 0.4) is 0 Å². The number of benzene rings is 2. The minimum atomic E-state index is -1.21. The van der Waals surface area contributed by atoms with Gasteiger partial charge in [-0.2, -0.15) is 0 Å². The van der Waals surface area contributed by atoms with Crippen molar-refractivity contribution in [3.8, 4) is 5.75 Å². The third-order valence-electron chi connectivity index (χ3n) is 2.87. The molecule has 4 heteroatoms. The lowest BCUT2D eigenvalue weighted by molar-refractivity contribution is -0.124. The summed E-state index contributed by atoms with van der Waals surface area (Å²) in [4.78, 5) is 12.1. The molecule has 110 valence electrons. The molecule has 1 unspecified atom stereocenters. The van der Waals surface area contributed by atoms with E-state index in [1.165, 1.54) is 0 Å². The molecule has 0 saturated carbocycles. The minimum absolute atomic E-state index is 0.00194. The fourth-order valence-electron chi connectivity index (χ4n) is 1.91. The lowest BCUT2D eigenvalue weighted by Gasteiger charge is -2.16. The quantitative estimate of drug-likeness (QED) is 0.887. The molecule has 2 rings (SSSR count). The molecule has 2 aromatic rings. The molecule has 21 heavy (non-hydrogen) atoms. The van der Waals surface area contributed by atoms with Crippen LogP contribution >= 0.6 is 0 Å². The highest BCUT2D eigenvalue weighted by Gasteiger charge is 2.18. The second kappa shape index (κ2) is 6.90. The Morgan fingerprint density at radius 2 is 1.67 bits per heavy atom. The molecule has 1 amide bonds. The summed E-state index contributed by atoms with van der Waals surface area (Å²) in [7, 11) is 0. The van der Waals surface area contributed by atoms with E-state index in [-0.39, 0.29) is 6.10 Å². The van der Waals surface area contributed by atoms with Crippen LogP contribution in [0.4, 0.5) is 5.69 Å². The molecule has 1 atom stereocenters. The van der Waals surface area contributed by atoms with Crippen molar-refractivity contribution < 1.29 is 14.6 Å². The smallest absolute Gasteiger partial charge is 0.257 e. The lowest BCUT2D eigenvalue weighted by Crippen LogP contribution is -2.21. The van der Waals surface area contributed by atoms with Gasteiger partial charge >= 0.3 is 0 Å². The summed E-state index contributed by atoms with van der Waals surface area (Å²) in [5.41, 5.74) is 1.10. The van der Waals surface area contributed by atoms with Crippen LogP contribution in [-0.4, -0.2) is 17.1 Å². The van der Waals surface area contributed by atoms with Crippen LogP contribution < -0.4 is 10.1 Å². The molecule has 0 aromatic heterocycles. The highest BCUT2D eigenvalue weighted by Crippen LogP contribution is 2.26. The van der Waals surface area contributed by atoms with Gasteiger partial charge in [-0.25, -0.2) is 0 Å².